The topological polar surface area (TPSA) is 112 Å². The van der Waals surface area contributed by atoms with Gasteiger partial charge in [0, 0.05) is 0 Å². The zero-order valence-electron chi connectivity index (χ0n) is 16.7. The molecule has 0 bridgehead atoms. The molecule has 0 radical (unpaired) electrons. The Labute approximate surface area is 179 Å². The summed E-state index contributed by atoms with van der Waals surface area (Å²) in [6, 6.07) is 16.4. The molecular weight excluding hydrogens is 404 g/mol. The number of esters is 2. The van der Waals surface area contributed by atoms with E-state index in [0.717, 1.165) is 0 Å². The Kier molecular flexibility index (Phi) is 7.91. The molecule has 3 rings (SSSR count). The van der Waals surface area contributed by atoms with Crippen LogP contribution in [0.15, 0.2) is 73.3 Å². The Balaban J connectivity index is 1.88. The van der Waals surface area contributed by atoms with Gasteiger partial charge < -0.3 is 29.2 Å². The van der Waals surface area contributed by atoms with E-state index in [-0.39, 0.29) is 17.7 Å². The summed E-state index contributed by atoms with van der Waals surface area (Å²) in [6.45, 7) is 3.05. The number of benzene rings is 2. The van der Waals surface area contributed by atoms with Gasteiger partial charge in [-0.3, -0.25) is 0 Å². The summed E-state index contributed by atoms with van der Waals surface area (Å²) in [7, 11) is 0. The van der Waals surface area contributed by atoms with E-state index in [1.54, 1.807) is 60.7 Å². The average Bonchev–Trinajstić information content (AvgIpc) is 2.81. The second-order valence-electron chi connectivity index (χ2n) is 6.81. The summed E-state index contributed by atoms with van der Waals surface area (Å²) in [5.41, 5.74) is 0.510. The maximum atomic E-state index is 12.7. The maximum Gasteiger partial charge on any atom is 0.338 e. The van der Waals surface area contributed by atoms with E-state index in [2.05, 4.69) is 6.58 Å². The zero-order valence-corrected chi connectivity index (χ0v) is 16.7. The van der Waals surface area contributed by atoms with E-state index in [9.17, 15) is 19.8 Å². The highest BCUT2D eigenvalue weighted by Gasteiger charge is 2.50. The van der Waals surface area contributed by atoms with Crippen molar-refractivity contribution in [1.82, 2.24) is 0 Å². The van der Waals surface area contributed by atoms with Crippen molar-refractivity contribution < 1.29 is 38.7 Å². The molecule has 0 spiro atoms. The number of rotatable bonds is 8. The number of hydrogen-bond acceptors (Lipinski definition) is 8. The molecule has 5 atom stereocenters. The van der Waals surface area contributed by atoms with Crippen LogP contribution in [-0.2, 0) is 18.9 Å². The Bertz CT molecular complexity index is 870. The summed E-state index contributed by atoms with van der Waals surface area (Å²) < 4.78 is 22.2. The van der Waals surface area contributed by atoms with Crippen LogP contribution < -0.4 is 0 Å². The molecule has 164 valence electrons. The minimum atomic E-state index is -1.46. The van der Waals surface area contributed by atoms with E-state index in [1.165, 1.54) is 6.08 Å². The number of aliphatic hydroxyl groups excluding tert-OH is 2. The highest BCUT2D eigenvalue weighted by atomic mass is 16.7. The number of aliphatic hydroxyl groups is 2. The monoisotopic (exact) mass is 428 g/mol. The van der Waals surface area contributed by atoms with Gasteiger partial charge in [-0.15, -0.1) is 6.58 Å². The van der Waals surface area contributed by atoms with Crippen LogP contribution in [0.25, 0.3) is 0 Å². The van der Waals surface area contributed by atoms with Crippen molar-refractivity contribution in [2.24, 2.45) is 0 Å². The summed E-state index contributed by atoms with van der Waals surface area (Å²) >= 11 is 0. The molecule has 2 unspecified atom stereocenters. The van der Waals surface area contributed by atoms with Gasteiger partial charge in [0.05, 0.1) is 24.3 Å². The lowest BCUT2D eigenvalue weighted by Crippen LogP contribution is -2.61. The maximum absolute atomic E-state index is 12.7. The van der Waals surface area contributed by atoms with Crippen LogP contribution in [0.2, 0.25) is 0 Å². The molecule has 31 heavy (non-hydrogen) atoms. The van der Waals surface area contributed by atoms with Gasteiger partial charge in [-0.2, -0.15) is 0 Å². The van der Waals surface area contributed by atoms with Crippen molar-refractivity contribution >= 4 is 11.9 Å². The minimum Gasteiger partial charge on any atom is -0.452 e. The molecule has 0 aliphatic carbocycles. The van der Waals surface area contributed by atoms with Gasteiger partial charge in [0.1, 0.15) is 12.2 Å². The molecule has 0 aromatic heterocycles. The van der Waals surface area contributed by atoms with Gasteiger partial charge in [0.15, 0.2) is 18.5 Å². The van der Waals surface area contributed by atoms with Crippen molar-refractivity contribution in [1.29, 1.82) is 0 Å². The molecule has 1 aliphatic heterocycles. The molecule has 1 heterocycles. The molecule has 0 amide bonds. The first kappa shape index (κ1) is 22.6. The fourth-order valence-electron chi connectivity index (χ4n) is 3.13. The number of carbonyl (C=O) groups is 2. The van der Waals surface area contributed by atoms with Crippen LogP contribution in [-0.4, -0.2) is 66.1 Å². The Hall–Kier alpha value is -3.04. The summed E-state index contributed by atoms with van der Waals surface area (Å²) in [4.78, 5) is 25.3. The van der Waals surface area contributed by atoms with Crippen LogP contribution >= 0.6 is 0 Å². The van der Waals surface area contributed by atoms with E-state index in [1.807, 2.05) is 0 Å². The van der Waals surface area contributed by atoms with Crippen LogP contribution in [0.4, 0.5) is 0 Å². The van der Waals surface area contributed by atoms with E-state index in [4.69, 9.17) is 18.9 Å². The molecule has 0 saturated carbocycles. The van der Waals surface area contributed by atoms with Crippen molar-refractivity contribution in [3.63, 3.8) is 0 Å². The molecule has 1 fully saturated rings. The Morgan fingerprint density at radius 2 is 1.45 bits per heavy atom. The summed E-state index contributed by atoms with van der Waals surface area (Å²) in [6.07, 6.45) is -4.97. The standard InChI is InChI=1S/C23H24O8/c1-2-13-28-23-20(31-22(27)16-11-7-4-8-12-16)19(18(25)17(14-24)29-23)30-21(26)15-9-5-3-6-10-15/h2-12,17-20,23-25H,1,13-14H2/t17?,18-,19-,20?,23-/m0/s1. The predicted molar refractivity (Wildman–Crippen MR) is 109 cm³/mol. The first-order valence-electron chi connectivity index (χ1n) is 9.74. The van der Waals surface area contributed by atoms with E-state index in [0.29, 0.717) is 0 Å². The smallest absolute Gasteiger partial charge is 0.338 e. The largest absolute Gasteiger partial charge is 0.452 e. The van der Waals surface area contributed by atoms with Gasteiger partial charge in [0.25, 0.3) is 0 Å². The van der Waals surface area contributed by atoms with Crippen molar-refractivity contribution in [2.45, 2.75) is 30.7 Å². The summed E-state index contributed by atoms with van der Waals surface area (Å²) in [5, 5.41) is 20.3. The number of carbonyl (C=O) groups excluding carboxylic acids is 2. The van der Waals surface area contributed by atoms with Crippen molar-refractivity contribution in [3.05, 3.63) is 84.4 Å². The molecule has 2 aromatic rings. The Morgan fingerprint density at radius 1 is 0.935 bits per heavy atom. The van der Waals surface area contributed by atoms with Crippen LogP contribution in [0.3, 0.4) is 0 Å². The van der Waals surface area contributed by atoms with Crippen molar-refractivity contribution in [3.8, 4) is 0 Å². The van der Waals surface area contributed by atoms with Crippen molar-refractivity contribution in [2.75, 3.05) is 13.2 Å². The summed E-state index contributed by atoms with van der Waals surface area (Å²) in [5.74, 6) is -1.44. The molecule has 2 aromatic carbocycles. The third-order valence-corrected chi connectivity index (χ3v) is 4.68. The lowest BCUT2D eigenvalue weighted by molar-refractivity contribution is -0.296. The van der Waals surface area contributed by atoms with Gasteiger partial charge in [-0.05, 0) is 24.3 Å². The molecule has 8 heteroatoms. The fourth-order valence-corrected chi connectivity index (χ4v) is 3.13. The van der Waals surface area contributed by atoms with Gasteiger partial charge >= 0.3 is 11.9 Å². The zero-order chi connectivity index (χ0) is 22.2. The molecular formula is C23H24O8. The van der Waals surface area contributed by atoms with E-state index >= 15 is 0 Å². The second-order valence-corrected chi connectivity index (χ2v) is 6.81. The first-order valence-corrected chi connectivity index (χ1v) is 9.74. The highest BCUT2D eigenvalue weighted by molar-refractivity contribution is 5.90. The molecule has 1 aliphatic rings. The average molecular weight is 428 g/mol. The molecule has 1 saturated heterocycles. The predicted octanol–water partition coefficient (Wildman–Crippen LogP) is 1.72. The minimum absolute atomic E-state index is 0.0393. The fraction of sp³-hybridized carbons (Fsp3) is 0.304. The van der Waals surface area contributed by atoms with Crippen LogP contribution in [0.1, 0.15) is 20.7 Å². The molecule has 8 nitrogen and oxygen atoms in total. The van der Waals surface area contributed by atoms with E-state index < -0.39 is 49.3 Å². The second kappa shape index (κ2) is 10.8. The quantitative estimate of drug-likeness (QED) is 0.483. The lowest BCUT2D eigenvalue weighted by atomic mass is 9.98. The Morgan fingerprint density at radius 3 is 1.94 bits per heavy atom. The SMILES string of the molecule is C=CCO[C@H]1OC(CO)[C@H](O)[C@H](OC(=O)c2ccccc2)C1OC(=O)c1ccccc1. The molecule has 2 N–H and O–H groups in total. The van der Waals surface area contributed by atoms with Gasteiger partial charge in [-0.25, -0.2) is 9.59 Å². The highest BCUT2D eigenvalue weighted by Crippen LogP contribution is 2.28. The van der Waals surface area contributed by atoms with Gasteiger partial charge in [-0.1, -0.05) is 42.5 Å². The third-order valence-electron chi connectivity index (χ3n) is 4.68. The lowest BCUT2D eigenvalue weighted by Gasteiger charge is -2.42. The van der Waals surface area contributed by atoms with Crippen LogP contribution in [0, 0.1) is 0 Å². The van der Waals surface area contributed by atoms with Crippen LogP contribution in [0.5, 0.6) is 0 Å². The number of hydrogen-bond donors (Lipinski definition) is 2. The number of ether oxygens (including phenoxy) is 4. The van der Waals surface area contributed by atoms with Gasteiger partial charge in [0.2, 0.25) is 0 Å². The third kappa shape index (κ3) is 5.56. The normalized spacial score (nSPS) is 25.4. The first-order chi connectivity index (χ1) is 15.0.